The van der Waals surface area contributed by atoms with Gasteiger partial charge in [0.15, 0.2) is 0 Å². The normalized spacial score (nSPS) is 22.7. The maximum atomic E-state index is 6.37. The predicted octanol–water partition coefficient (Wildman–Crippen LogP) is 4.53. The molecule has 1 aliphatic rings. The average molecular weight is 269 g/mol. The first-order valence-electron chi connectivity index (χ1n) is 8.57. The maximum Gasteiger partial charge on any atom is 0.0837 e. The second-order valence-electron chi connectivity index (χ2n) is 6.23. The van der Waals surface area contributed by atoms with Crippen LogP contribution >= 0.6 is 0 Å². The molecule has 0 spiro atoms. The summed E-state index contributed by atoms with van der Waals surface area (Å²) in [5, 5.41) is 3.82. The highest BCUT2D eigenvalue weighted by Crippen LogP contribution is 2.37. The summed E-state index contributed by atoms with van der Waals surface area (Å²) in [5.74, 6) is 0.691. The van der Waals surface area contributed by atoms with E-state index in [1.54, 1.807) is 0 Å². The molecule has 0 amide bonds. The summed E-state index contributed by atoms with van der Waals surface area (Å²) in [7, 11) is 0. The van der Waals surface area contributed by atoms with Crippen LogP contribution in [0.2, 0.25) is 0 Å². The summed E-state index contributed by atoms with van der Waals surface area (Å²) in [4.78, 5) is 0. The van der Waals surface area contributed by atoms with Gasteiger partial charge in [-0.25, -0.2) is 0 Å². The Labute approximate surface area is 120 Å². The lowest BCUT2D eigenvalue weighted by atomic mass is 9.78. The molecule has 114 valence electrons. The lowest BCUT2D eigenvalue weighted by Gasteiger charge is -2.43. The fourth-order valence-electron chi connectivity index (χ4n) is 3.60. The zero-order valence-electron chi connectivity index (χ0n) is 13.6. The third-order valence-electron chi connectivity index (χ3n) is 4.78. The highest BCUT2D eigenvalue weighted by atomic mass is 16.5. The molecule has 0 aromatic heterocycles. The SMILES string of the molecule is CCCNC(C(C)CC)C1(OCC)CCCCCC1. The van der Waals surface area contributed by atoms with Gasteiger partial charge < -0.3 is 10.1 Å². The summed E-state index contributed by atoms with van der Waals surface area (Å²) in [6.07, 6.45) is 10.4. The average Bonchev–Trinajstić information content (AvgIpc) is 2.65. The van der Waals surface area contributed by atoms with Crippen molar-refractivity contribution in [3.05, 3.63) is 0 Å². The highest BCUT2D eigenvalue weighted by Gasteiger charge is 2.41. The van der Waals surface area contributed by atoms with Crippen molar-refractivity contribution < 1.29 is 4.74 Å². The topological polar surface area (TPSA) is 21.3 Å². The fraction of sp³-hybridized carbons (Fsp3) is 1.00. The van der Waals surface area contributed by atoms with E-state index in [1.807, 2.05) is 0 Å². The molecular formula is C17H35NO. The quantitative estimate of drug-likeness (QED) is 0.654. The molecule has 1 fully saturated rings. The first-order chi connectivity index (χ1) is 9.20. The minimum Gasteiger partial charge on any atom is -0.374 e. The van der Waals surface area contributed by atoms with Gasteiger partial charge in [0.1, 0.15) is 0 Å². The van der Waals surface area contributed by atoms with E-state index in [-0.39, 0.29) is 5.60 Å². The second-order valence-corrected chi connectivity index (χ2v) is 6.23. The van der Waals surface area contributed by atoms with Crippen molar-refractivity contribution in [2.75, 3.05) is 13.2 Å². The summed E-state index contributed by atoms with van der Waals surface area (Å²) in [6, 6.07) is 0.524. The van der Waals surface area contributed by atoms with Crippen LogP contribution in [0.25, 0.3) is 0 Å². The van der Waals surface area contributed by atoms with Gasteiger partial charge in [0.05, 0.1) is 5.60 Å². The predicted molar refractivity (Wildman–Crippen MR) is 83.6 cm³/mol. The van der Waals surface area contributed by atoms with E-state index < -0.39 is 0 Å². The van der Waals surface area contributed by atoms with Crippen LogP contribution in [0.4, 0.5) is 0 Å². The Balaban J connectivity index is 2.87. The number of hydrogen-bond acceptors (Lipinski definition) is 2. The molecule has 0 saturated heterocycles. The van der Waals surface area contributed by atoms with Gasteiger partial charge in [0.25, 0.3) is 0 Å². The maximum absolute atomic E-state index is 6.37. The zero-order chi connectivity index (χ0) is 14.1. The Hall–Kier alpha value is -0.0800. The molecule has 2 nitrogen and oxygen atoms in total. The Kier molecular flexibility index (Phi) is 8.01. The third kappa shape index (κ3) is 4.75. The third-order valence-corrected chi connectivity index (χ3v) is 4.78. The van der Waals surface area contributed by atoms with E-state index in [0.29, 0.717) is 12.0 Å². The molecule has 2 atom stereocenters. The van der Waals surface area contributed by atoms with Crippen LogP contribution in [-0.2, 0) is 4.74 Å². The van der Waals surface area contributed by atoms with Crippen LogP contribution in [-0.4, -0.2) is 24.8 Å². The van der Waals surface area contributed by atoms with Crippen LogP contribution in [0, 0.1) is 5.92 Å². The van der Waals surface area contributed by atoms with Crippen LogP contribution < -0.4 is 5.32 Å². The van der Waals surface area contributed by atoms with E-state index in [0.717, 1.165) is 13.2 Å². The molecule has 2 heteroatoms. The molecule has 1 aliphatic carbocycles. The highest BCUT2D eigenvalue weighted by molar-refractivity contribution is 4.97. The van der Waals surface area contributed by atoms with Crippen molar-refractivity contribution in [1.29, 1.82) is 0 Å². The summed E-state index contributed by atoms with van der Waals surface area (Å²) in [6.45, 7) is 11.1. The Morgan fingerprint density at radius 2 is 1.68 bits per heavy atom. The van der Waals surface area contributed by atoms with Gasteiger partial charge >= 0.3 is 0 Å². The minimum atomic E-state index is 0.0931. The zero-order valence-corrected chi connectivity index (χ0v) is 13.6. The molecule has 0 aromatic rings. The monoisotopic (exact) mass is 269 g/mol. The van der Waals surface area contributed by atoms with Gasteiger partial charge in [0.2, 0.25) is 0 Å². The lowest BCUT2D eigenvalue weighted by Crippen LogP contribution is -2.55. The summed E-state index contributed by atoms with van der Waals surface area (Å²) in [5.41, 5.74) is 0.0931. The van der Waals surface area contributed by atoms with E-state index in [4.69, 9.17) is 4.74 Å². The van der Waals surface area contributed by atoms with Crippen molar-refractivity contribution in [3.8, 4) is 0 Å². The van der Waals surface area contributed by atoms with Gasteiger partial charge in [-0.3, -0.25) is 0 Å². The van der Waals surface area contributed by atoms with Crippen molar-refractivity contribution in [1.82, 2.24) is 5.32 Å². The van der Waals surface area contributed by atoms with Crippen LogP contribution in [0.15, 0.2) is 0 Å². The molecular weight excluding hydrogens is 234 g/mol. The Morgan fingerprint density at radius 1 is 1.05 bits per heavy atom. The molecule has 0 bridgehead atoms. The Bertz CT molecular complexity index is 221. The van der Waals surface area contributed by atoms with Crippen molar-refractivity contribution >= 4 is 0 Å². The first kappa shape index (κ1) is 17.0. The second kappa shape index (κ2) is 8.97. The number of rotatable bonds is 8. The van der Waals surface area contributed by atoms with Crippen LogP contribution in [0.5, 0.6) is 0 Å². The van der Waals surface area contributed by atoms with Gasteiger partial charge in [0, 0.05) is 12.6 Å². The lowest BCUT2D eigenvalue weighted by molar-refractivity contribution is -0.0887. The minimum absolute atomic E-state index is 0.0931. The van der Waals surface area contributed by atoms with Gasteiger partial charge in [-0.2, -0.15) is 0 Å². The molecule has 0 aliphatic heterocycles. The smallest absolute Gasteiger partial charge is 0.0837 e. The van der Waals surface area contributed by atoms with E-state index in [1.165, 1.54) is 51.4 Å². The fourth-order valence-corrected chi connectivity index (χ4v) is 3.60. The number of ether oxygens (including phenoxy) is 1. The summed E-state index contributed by atoms with van der Waals surface area (Å²) >= 11 is 0. The first-order valence-corrected chi connectivity index (χ1v) is 8.57. The number of hydrogen-bond donors (Lipinski definition) is 1. The van der Waals surface area contributed by atoms with Crippen LogP contribution in [0.1, 0.15) is 79.1 Å². The molecule has 0 heterocycles. The van der Waals surface area contributed by atoms with Gasteiger partial charge in [-0.05, 0) is 38.6 Å². The van der Waals surface area contributed by atoms with Gasteiger partial charge in [-0.1, -0.05) is 52.9 Å². The van der Waals surface area contributed by atoms with E-state index >= 15 is 0 Å². The Morgan fingerprint density at radius 3 is 2.16 bits per heavy atom. The van der Waals surface area contributed by atoms with Crippen molar-refractivity contribution in [2.24, 2.45) is 5.92 Å². The molecule has 1 saturated carbocycles. The van der Waals surface area contributed by atoms with Crippen molar-refractivity contribution in [2.45, 2.75) is 90.7 Å². The van der Waals surface area contributed by atoms with E-state index in [9.17, 15) is 0 Å². The van der Waals surface area contributed by atoms with Gasteiger partial charge in [-0.15, -0.1) is 0 Å². The largest absolute Gasteiger partial charge is 0.374 e. The molecule has 19 heavy (non-hydrogen) atoms. The molecule has 1 rings (SSSR count). The van der Waals surface area contributed by atoms with E-state index in [2.05, 4.69) is 33.0 Å². The molecule has 1 N–H and O–H groups in total. The standard InChI is InChI=1S/C17H35NO/c1-5-14-18-16(15(4)6-2)17(19-7-3)12-10-8-9-11-13-17/h15-16,18H,5-14H2,1-4H3. The molecule has 0 radical (unpaired) electrons. The number of nitrogens with one attached hydrogen (secondary N) is 1. The van der Waals surface area contributed by atoms with Crippen LogP contribution in [0.3, 0.4) is 0 Å². The van der Waals surface area contributed by atoms with Crippen molar-refractivity contribution in [3.63, 3.8) is 0 Å². The summed E-state index contributed by atoms with van der Waals surface area (Å²) < 4.78 is 6.37. The molecule has 0 aromatic carbocycles. The molecule has 2 unspecified atom stereocenters.